The van der Waals surface area contributed by atoms with Gasteiger partial charge in [0.25, 0.3) is 0 Å². The number of rotatable bonds is 5. The van der Waals surface area contributed by atoms with Gasteiger partial charge in [-0.25, -0.2) is 4.68 Å². The molecule has 1 aromatic carbocycles. The minimum atomic E-state index is 0.00119. The quantitative estimate of drug-likeness (QED) is 0.638. The van der Waals surface area contributed by atoms with Crippen molar-refractivity contribution < 1.29 is 9.21 Å². The third-order valence-corrected chi connectivity index (χ3v) is 5.05. The lowest BCUT2D eigenvalue weighted by Crippen LogP contribution is -2.27. The normalized spacial score (nSPS) is 11.0. The molecule has 0 saturated heterocycles. The van der Waals surface area contributed by atoms with Crippen molar-refractivity contribution in [1.29, 1.82) is 0 Å². The average molecular weight is 392 g/mol. The third-order valence-electron chi connectivity index (χ3n) is 4.32. The summed E-state index contributed by atoms with van der Waals surface area (Å²) < 4.78 is 7.09. The monoisotopic (exact) mass is 391 g/mol. The van der Waals surface area contributed by atoms with Gasteiger partial charge in [-0.05, 0) is 44.2 Å². The van der Waals surface area contributed by atoms with Crippen LogP contribution in [0, 0.1) is 13.8 Å². The molecular formula is C19H19Cl2N3O2. The van der Waals surface area contributed by atoms with E-state index in [1.54, 1.807) is 35.0 Å². The van der Waals surface area contributed by atoms with Crippen LogP contribution in [0.25, 0.3) is 5.69 Å². The predicted molar refractivity (Wildman–Crippen MR) is 102 cm³/mol. The number of hydrogen-bond donors (Lipinski definition) is 0. The Balaban J connectivity index is 1.81. The zero-order chi connectivity index (χ0) is 18.8. The molecule has 0 radical (unpaired) electrons. The zero-order valence-corrected chi connectivity index (χ0v) is 16.3. The Kier molecular flexibility index (Phi) is 5.39. The lowest BCUT2D eigenvalue weighted by atomic mass is 10.1. The molecule has 0 N–H and O–H groups in total. The van der Waals surface area contributed by atoms with Gasteiger partial charge < -0.3 is 9.32 Å². The van der Waals surface area contributed by atoms with Crippen molar-refractivity contribution in [2.24, 2.45) is 0 Å². The first-order chi connectivity index (χ1) is 12.4. The highest BCUT2D eigenvalue weighted by atomic mass is 35.5. The van der Waals surface area contributed by atoms with Gasteiger partial charge in [0.2, 0.25) is 5.91 Å². The lowest BCUT2D eigenvalue weighted by Gasteiger charge is -2.16. The second-order valence-electron chi connectivity index (χ2n) is 6.17. The molecule has 0 atom stereocenters. The first-order valence-electron chi connectivity index (χ1n) is 8.13. The zero-order valence-electron chi connectivity index (χ0n) is 14.8. The second kappa shape index (κ2) is 7.56. The summed E-state index contributed by atoms with van der Waals surface area (Å²) in [6.45, 7) is 4.28. The second-order valence-corrected chi connectivity index (χ2v) is 6.98. The maximum atomic E-state index is 12.6. The summed E-state index contributed by atoms with van der Waals surface area (Å²) in [5.41, 5.74) is 3.43. The van der Waals surface area contributed by atoms with Gasteiger partial charge in [-0.1, -0.05) is 23.2 Å². The van der Waals surface area contributed by atoms with E-state index in [9.17, 15) is 4.79 Å². The topological polar surface area (TPSA) is 51.3 Å². The summed E-state index contributed by atoms with van der Waals surface area (Å²) in [6, 6.07) is 9.00. The molecule has 0 unspecified atom stereocenters. The van der Waals surface area contributed by atoms with Crippen LogP contribution in [-0.4, -0.2) is 27.6 Å². The summed E-state index contributed by atoms with van der Waals surface area (Å²) in [4.78, 5) is 14.2. The number of nitrogens with zero attached hydrogens (tertiary/aromatic N) is 3. The maximum Gasteiger partial charge on any atom is 0.227 e. The molecule has 0 fully saturated rings. The Bertz CT molecular complexity index is 933. The number of furan rings is 1. The van der Waals surface area contributed by atoms with Crippen LogP contribution in [0.2, 0.25) is 10.0 Å². The van der Waals surface area contributed by atoms with Crippen LogP contribution in [0.4, 0.5) is 0 Å². The SMILES string of the molecule is Cc1nn(-c2ccc(Cl)c(Cl)c2)c(C)c1CC(=O)N(C)Cc1ccco1. The molecule has 0 saturated carbocycles. The highest BCUT2D eigenvalue weighted by Gasteiger charge is 2.19. The van der Waals surface area contributed by atoms with Gasteiger partial charge in [-0.3, -0.25) is 4.79 Å². The van der Waals surface area contributed by atoms with Crippen LogP contribution in [0.1, 0.15) is 22.7 Å². The van der Waals surface area contributed by atoms with Crippen molar-refractivity contribution in [3.8, 4) is 5.69 Å². The number of hydrogen-bond acceptors (Lipinski definition) is 3. The van der Waals surface area contributed by atoms with Crippen LogP contribution in [0.15, 0.2) is 41.0 Å². The first kappa shape index (κ1) is 18.5. The molecule has 0 aliphatic rings. The molecule has 0 spiro atoms. The van der Waals surface area contributed by atoms with Gasteiger partial charge in [0, 0.05) is 18.3 Å². The molecule has 2 heterocycles. The molecule has 0 aliphatic carbocycles. The fourth-order valence-corrected chi connectivity index (χ4v) is 3.10. The van der Waals surface area contributed by atoms with Gasteiger partial charge in [-0.2, -0.15) is 5.10 Å². The van der Waals surface area contributed by atoms with Crippen molar-refractivity contribution in [1.82, 2.24) is 14.7 Å². The number of carbonyl (C=O) groups is 1. The molecule has 1 amide bonds. The lowest BCUT2D eigenvalue weighted by molar-refractivity contribution is -0.129. The largest absolute Gasteiger partial charge is 0.467 e. The first-order valence-corrected chi connectivity index (χ1v) is 8.89. The van der Waals surface area contributed by atoms with E-state index in [0.29, 0.717) is 16.6 Å². The number of aromatic nitrogens is 2. The Hall–Kier alpha value is -2.24. The van der Waals surface area contributed by atoms with Crippen LogP contribution >= 0.6 is 23.2 Å². The minimum Gasteiger partial charge on any atom is -0.467 e. The summed E-state index contributed by atoms with van der Waals surface area (Å²) in [5, 5.41) is 5.52. The Labute approximate surface area is 162 Å². The Morgan fingerprint density at radius 2 is 2.00 bits per heavy atom. The van der Waals surface area contributed by atoms with E-state index >= 15 is 0 Å². The molecule has 26 heavy (non-hydrogen) atoms. The number of likely N-dealkylation sites (N-methyl/N-ethyl adjacent to an activating group) is 1. The smallest absolute Gasteiger partial charge is 0.227 e. The predicted octanol–water partition coefficient (Wildman–Crippen LogP) is 4.59. The molecular weight excluding hydrogens is 373 g/mol. The molecule has 7 heteroatoms. The van der Waals surface area contributed by atoms with Crippen molar-refractivity contribution in [3.05, 3.63) is 69.4 Å². The summed E-state index contributed by atoms with van der Waals surface area (Å²) in [7, 11) is 1.76. The Morgan fingerprint density at radius 1 is 1.23 bits per heavy atom. The van der Waals surface area contributed by atoms with Gasteiger partial charge in [-0.15, -0.1) is 0 Å². The van der Waals surface area contributed by atoms with Crippen molar-refractivity contribution in [2.75, 3.05) is 7.05 Å². The van der Waals surface area contributed by atoms with E-state index < -0.39 is 0 Å². The molecule has 0 aliphatic heterocycles. The molecule has 5 nitrogen and oxygen atoms in total. The molecule has 3 rings (SSSR count). The van der Waals surface area contributed by atoms with E-state index in [1.807, 2.05) is 32.0 Å². The van der Waals surface area contributed by atoms with Gasteiger partial charge in [0.15, 0.2) is 0 Å². The van der Waals surface area contributed by atoms with Gasteiger partial charge in [0.1, 0.15) is 5.76 Å². The van der Waals surface area contributed by atoms with Crippen LogP contribution in [0.5, 0.6) is 0 Å². The van der Waals surface area contributed by atoms with E-state index in [0.717, 1.165) is 28.4 Å². The maximum absolute atomic E-state index is 12.6. The molecule has 136 valence electrons. The Morgan fingerprint density at radius 3 is 2.65 bits per heavy atom. The molecule has 2 aromatic heterocycles. The van der Waals surface area contributed by atoms with Crippen molar-refractivity contribution in [2.45, 2.75) is 26.8 Å². The van der Waals surface area contributed by atoms with Gasteiger partial charge in [0.05, 0.1) is 40.7 Å². The number of carbonyl (C=O) groups excluding carboxylic acids is 1. The van der Waals surface area contributed by atoms with Crippen molar-refractivity contribution in [3.63, 3.8) is 0 Å². The number of amides is 1. The van der Waals surface area contributed by atoms with E-state index in [2.05, 4.69) is 5.10 Å². The van der Waals surface area contributed by atoms with Crippen molar-refractivity contribution >= 4 is 29.1 Å². The van der Waals surface area contributed by atoms with Crippen LogP contribution in [0.3, 0.4) is 0 Å². The van der Waals surface area contributed by atoms with E-state index in [1.165, 1.54) is 0 Å². The van der Waals surface area contributed by atoms with E-state index in [-0.39, 0.29) is 12.3 Å². The van der Waals surface area contributed by atoms with Crippen LogP contribution < -0.4 is 0 Å². The fraction of sp³-hybridized carbons (Fsp3) is 0.263. The summed E-state index contributed by atoms with van der Waals surface area (Å²) in [5.74, 6) is 0.752. The molecule has 3 aromatic rings. The fourth-order valence-electron chi connectivity index (χ4n) is 2.81. The number of benzene rings is 1. The summed E-state index contributed by atoms with van der Waals surface area (Å²) in [6.07, 6.45) is 1.87. The minimum absolute atomic E-state index is 0.00119. The highest BCUT2D eigenvalue weighted by Crippen LogP contribution is 2.26. The van der Waals surface area contributed by atoms with E-state index in [4.69, 9.17) is 27.6 Å². The van der Waals surface area contributed by atoms with Gasteiger partial charge >= 0.3 is 0 Å². The van der Waals surface area contributed by atoms with Crippen LogP contribution in [-0.2, 0) is 17.8 Å². The number of halogens is 2. The molecule has 0 bridgehead atoms. The standard InChI is InChI=1S/C19H19Cl2N3O2/c1-12-16(10-19(25)23(3)11-15-5-4-8-26-15)13(2)24(22-12)14-6-7-17(20)18(21)9-14/h4-9H,10-11H2,1-3H3. The summed E-state index contributed by atoms with van der Waals surface area (Å²) >= 11 is 12.1. The average Bonchev–Trinajstić information content (AvgIpc) is 3.20. The third kappa shape index (κ3) is 3.79. The highest BCUT2D eigenvalue weighted by molar-refractivity contribution is 6.42. The number of aryl methyl sites for hydroxylation is 1.